The molecule has 4 rings (SSSR count). The molecule has 0 saturated carbocycles. The molecule has 0 atom stereocenters. The number of fused-ring (bicyclic) bond motifs is 3. The van der Waals surface area contributed by atoms with Crippen LogP contribution in [0.5, 0.6) is 0 Å². The van der Waals surface area contributed by atoms with Crippen molar-refractivity contribution >= 4 is 54.0 Å². The summed E-state index contributed by atoms with van der Waals surface area (Å²) in [5, 5.41) is 1.15. The number of anilines is 1. The Morgan fingerprint density at radius 3 is 2.32 bits per heavy atom. The van der Waals surface area contributed by atoms with E-state index in [1.165, 1.54) is 34.6 Å². The lowest BCUT2D eigenvalue weighted by Crippen LogP contribution is -2.29. The Morgan fingerprint density at radius 1 is 1.03 bits per heavy atom. The lowest BCUT2D eigenvalue weighted by atomic mass is 9.79. The fraction of sp³-hybridized carbons (Fsp3) is 0.185. The minimum Gasteiger partial charge on any atom is -0.744 e. The Balaban J connectivity index is 1.80. The van der Waals surface area contributed by atoms with Crippen LogP contribution in [0.4, 0.5) is 11.4 Å². The highest BCUT2D eigenvalue weighted by Gasteiger charge is 2.46. The maximum absolute atomic E-state index is 12.2. The maximum Gasteiger partial charge on any atom is 0.326 e. The van der Waals surface area contributed by atoms with Crippen molar-refractivity contribution in [3.63, 3.8) is 0 Å². The van der Waals surface area contributed by atoms with Crippen molar-refractivity contribution in [1.82, 2.24) is 0 Å². The van der Waals surface area contributed by atoms with E-state index >= 15 is 0 Å². The van der Waals surface area contributed by atoms with E-state index in [9.17, 15) is 30.7 Å². The van der Waals surface area contributed by atoms with Gasteiger partial charge in [-0.1, -0.05) is 30.3 Å². The van der Waals surface area contributed by atoms with Crippen LogP contribution in [-0.4, -0.2) is 48.0 Å². The Bertz CT molecular complexity index is 1740. The van der Waals surface area contributed by atoms with Crippen molar-refractivity contribution in [3.05, 3.63) is 90.7 Å². The smallest absolute Gasteiger partial charge is 0.326 e. The SMILES string of the molecule is CC(=O)N(/C=C/C=C/C1=[N+](CS(=O)(=O)O)c2ccc3cc(S(=O)(=O)[O-])ccc3c2C1(C)C)c1ccccc1. The summed E-state index contributed by atoms with van der Waals surface area (Å²) in [6.07, 6.45) is 6.61. The van der Waals surface area contributed by atoms with Crippen LogP contribution < -0.4 is 4.90 Å². The summed E-state index contributed by atoms with van der Waals surface area (Å²) < 4.78 is 69.6. The van der Waals surface area contributed by atoms with Gasteiger partial charge in [0.25, 0.3) is 5.88 Å². The molecule has 198 valence electrons. The molecule has 0 fully saturated rings. The van der Waals surface area contributed by atoms with E-state index in [1.54, 1.807) is 48.7 Å². The summed E-state index contributed by atoms with van der Waals surface area (Å²) >= 11 is 0. The first-order valence-electron chi connectivity index (χ1n) is 11.5. The lowest BCUT2D eigenvalue weighted by molar-refractivity contribution is -0.415. The van der Waals surface area contributed by atoms with Crippen LogP contribution in [0.15, 0.2) is 90.0 Å². The number of allylic oxidation sites excluding steroid dienone is 3. The van der Waals surface area contributed by atoms with Crippen LogP contribution in [0.25, 0.3) is 10.8 Å². The molecule has 1 aliphatic rings. The Labute approximate surface area is 221 Å². The van der Waals surface area contributed by atoms with Gasteiger partial charge in [0.15, 0.2) is 5.71 Å². The second-order valence-electron chi connectivity index (χ2n) is 9.37. The third-order valence-corrected chi connectivity index (χ3v) is 7.79. The monoisotopic (exact) mass is 554 g/mol. The van der Waals surface area contributed by atoms with Crippen molar-refractivity contribution in [2.45, 2.75) is 31.1 Å². The number of benzene rings is 3. The van der Waals surface area contributed by atoms with E-state index in [0.717, 1.165) is 0 Å². The summed E-state index contributed by atoms with van der Waals surface area (Å²) in [5.41, 5.74) is 1.70. The van der Waals surface area contributed by atoms with Gasteiger partial charge in [-0.15, -0.1) is 0 Å². The van der Waals surface area contributed by atoms with E-state index in [2.05, 4.69) is 0 Å². The van der Waals surface area contributed by atoms with Gasteiger partial charge in [0.2, 0.25) is 11.6 Å². The first kappa shape index (κ1) is 27.4. The standard InChI is InChI=1S/C27H26N2O7S2/c1-19(30)28(21-9-5-4-6-10-21)16-8-7-11-25-27(2,3)26-23-14-13-22(38(34,35)36)17-20(23)12-15-24(26)29(25)18-37(31,32)33/h4-17H,18H2,1-3H3,(H-,31,32,33,34,35,36). The van der Waals surface area contributed by atoms with Crippen LogP contribution in [-0.2, 0) is 30.4 Å². The van der Waals surface area contributed by atoms with E-state index < -0.39 is 31.5 Å². The highest BCUT2D eigenvalue weighted by molar-refractivity contribution is 7.85. The zero-order chi connectivity index (χ0) is 27.9. The highest BCUT2D eigenvalue weighted by atomic mass is 32.2. The van der Waals surface area contributed by atoms with Crippen molar-refractivity contribution in [2.24, 2.45) is 0 Å². The lowest BCUT2D eigenvalue weighted by Gasteiger charge is -2.18. The van der Waals surface area contributed by atoms with E-state index in [1.807, 2.05) is 32.0 Å². The molecule has 3 aromatic carbocycles. The second-order valence-corrected chi connectivity index (χ2v) is 12.2. The number of rotatable bonds is 7. The first-order chi connectivity index (χ1) is 17.7. The quantitative estimate of drug-likeness (QED) is 0.264. The van der Waals surface area contributed by atoms with Crippen LogP contribution in [0.1, 0.15) is 26.3 Å². The number of nitrogens with zero attached hydrogens (tertiary/aromatic N) is 2. The molecule has 3 aromatic rings. The van der Waals surface area contributed by atoms with Crippen LogP contribution in [0.2, 0.25) is 0 Å². The molecular weight excluding hydrogens is 528 g/mol. The molecule has 0 aromatic heterocycles. The molecule has 9 nitrogen and oxygen atoms in total. The number of carbonyl (C=O) groups excluding carboxylic acids is 1. The number of amides is 1. The van der Waals surface area contributed by atoms with Crippen LogP contribution in [0.3, 0.4) is 0 Å². The normalized spacial score (nSPS) is 15.5. The molecule has 11 heteroatoms. The predicted octanol–water partition coefficient (Wildman–Crippen LogP) is 4.09. The average Bonchev–Trinajstić information content (AvgIpc) is 3.03. The Morgan fingerprint density at radius 2 is 1.71 bits per heavy atom. The van der Waals surface area contributed by atoms with Gasteiger partial charge in [-0.2, -0.15) is 13.0 Å². The summed E-state index contributed by atoms with van der Waals surface area (Å²) in [6, 6.07) is 16.4. The molecule has 1 amide bonds. The Kier molecular flexibility index (Phi) is 7.15. The van der Waals surface area contributed by atoms with Crippen LogP contribution in [0, 0.1) is 0 Å². The molecule has 0 radical (unpaired) electrons. The number of para-hydroxylation sites is 1. The van der Waals surface area contributed by atoms with Gasteiger partial charge in [0, 0.05) is 36.5 Å². The van der Waals surface area contributed by atoms with E-state index in [-0.39, 0.29) is 10.8 Å². The van der Waals surface area contributed by atoms with Crippen LogP contribution >= 0.6 is 0 Å². The van der Waals surface area contributed by atoms with E-state index in [4.69, 9.17) is 0 Å². The minimum absolute atomic E-state index is 0.193. The molecule has 0 unspecified atom stereocenters. The second kappa shape index (κ2) is 9.91. The molecule has 1 N–H and O–H groups in total. The predicted molar refractivity (Wildman–Crippen MR) is 144 cm³/mol. The fourth-order valence-corrected chi connectivity index (χ4v) is 5.88. The molecular formula is C27H26N2O7S2. The average molecular weight is 555 g/mol. The number of carbonyl (C=O) groups is 1. The molecule has 1 aliphatic heterocycles. The van der Waals surface area contributed by atoms with Crippen molar-refractivity contribution in [3.8, 4) is 0 Å². The third-order valence-electron chi connectivity index (χ3n) is 6.37. The van der Waals surface area contributed by atoms with Gasteiger partial charge in [0.1, 0.15) is 10.1 Å². The molecule has 0 saturated heterocycles. The van der Waals surface area contributed by atoms with Gasteiger partial charge >= 0.3 is 10.1 Å². The first-order valence-corrected chi connectivity index (χ1v) is 14.5. The molecule has 0 aliphatic carbocycles. The van der Waals surface area contributed by atoms with Gasteiger partial charge in [0.05, 0.1) is 10.3 Å². The third kappa shape index (κ3) is 5.46. The fourth-order valence-electron chi connectivity index (χ4n) is 4.77. The summed E-state index contributed by atoms with van der Waals surface area (Å²) in [6.45, 7) is 5.19. The molecule has 0 spiro atoms. The zero-order valence-corrected chi connectivity index (χ0v) is 22.5. The number of hydrogen-bond acceptors (Lipinski definition) is 6. The summed E-state index contributed by atoms with van der Waals surface area (Å²) in [7, 11) is -9.08. The highest BCUT2D eigenvalue weighted by Crippen LogP contribution is 2.44. The molecule has 38 heavy (non-hydrogen) atoms. The maximum atomic E-state index is 12.2. The van der Waals surface area contributed by atoms with Gasteiger partial charge in [-0.3, -0.25) is 14.2 Å². The van der Waals surface area contributed by atoms with E-state index in [0.29, 0.717) is 33.4 Å². The van der Waals surface area contributed by atoms with Crippen molar-refractivity contribution in [1.29, 1.82) is 0 Å². The topological polar surface area (TPSA) is 135 Å². The summed E-state index contributed by atoms with van der Waals surface area (Å²) in [4.78, 5) is 13.3. The zero-order valence-electron chi connectivity index (χ0n) is 20.9. The summed E-state index contributed by atoms with van der Waals surface area (Å²) in [5.74, 6) is -0.893. The molecule has 1 heterocycles. The largest absolute Gasteiger partial charge is 0.744 e. The minimum atomic E-state index is -4.66. The van der Waals surface area contributed by atoms with Crippen molar-refractivity contribution < 1.29 is 35.3 Å². The van der Waals surface area contributed by atoms with Crippen molar-refractivity contribution in [2.75, 3.05) is 10.8 Å². The molecule has 0 bridgehead atoms. The van der Waals surface area contributed by atoms with Gasteiger partial charge in [-0.05, 0) is 61.0 Å². The van der Waals surface area contributed by atoms with Gasteiger partial charge in [-0.25, -0.2) is 8.42 Å². The van der Waals surface area contributed by atoms with Gasteiger partial charge < -0.3 is 4.55 Å². The Hall–Kier alpha value is -3.64. The number of hydrogen-bond donors (Lipinski definition) is 1.